The molecule has 0 atom stereocenters. The van der Waals surface area contributed by atoms with E-state index in [0.29, 0.717) is 16.5 Å². The Morgan fingerprint density at radius 3 is 2.68 bits per heavy atom. The van der Waals surface area contributed by atoms with Gasteiger partial charge in [-0.15, -0.1) is 11.3 Å². The number of benzene rings is 2. The summed E-state index contributed by atoms with van der Waals surface area (Å²) < 4.78 is 41.6. The highest BCUT2D eigenvalue weighted by molar-refractivity contribution is 7.15. The highest BCUT2D eigenvalue weighted by Crippen LogP contribution is 2.54. The normalized spacial score (nSPS) is 16.9. The van der Waals surface area contributed by atoms with Crippen LogP contribution < -0.4 is 15.5 Å². The Morgan fingerprint density at radius 1 is 1.19 bits per heavy atom. The van der Waals surface area contributed by atoms with Crippen molar-refractivity contribution in [3.05, 3.63) is 58.1 Å². The third kappa shape index (κ3) is 4.73. The number of para-hydroxylation sites is 2. The van der Waals surface area contributed by atoms with Gasteiger partial charge < -0.3 is 15.3 Å². The van der Waals surface area contributed by atoms with Crippen LogP contribution in [-0.2, 0) is 24.6 Å². The van der Waals surface area contributed by atoms with E-state index in [4.69, 9.17) is 0 Å². The minimum atomic E-state index is -4.57. The van der Waals surface area contributed by atoms with Gasteiger partial charge in [-0.25, -0.2) is 9.78 Å². The number of hydrogen-bond acceptors (Lipinski definition) is 6. The number of carbonyl (C=O) groups is 1. The maximum Gasteiger partial charge on any atom is 0.416 e. The number of thiazole rings is 1. The number of carbonyl (C=O) groups excluding carboxylic acids is 1. The molecular weight excluding hydrogens is 503 g/mol. The number of alkyl halides is 3. The SMILES string of the molecule is CCN1CCc2nc(NC(=O)Nc3ccccc3N3CC(C)(C)c4c(C(F)(F)F)ccc(O)c43)sc2C1. The molecule has 0 aliphatic carbocycles. The van der Waals surface area contributed by atoms with Crippen LogP contribution in [0.2, 0.25) is 0 Å². The zero-order valence-corrected chi connectivity index (χ0v) is 21.6. The number of halogens is 3. The number of nitrogens with zero attached hydrogens (tertiary/aromatic N) is 3. The Hall–Kier alpha value is -3.31. The van der Waals surface area contributed by atoms with Gasteiger partial charge >= 0.3 is 12.2 Å². The van der Waals surface area contributed by atoms with E-state index < -0.39 is 23.2 Å². The van der Waals surface area contributed by atoms with Gasteiger partial charge in [0.05, 0.1) is 28.3 Å². The first-order valence-corrected chi connectivity index (χ1v) is 12.9. The molecule has 2 aromatic carbocycles. The zero-order valence-electron chi connectivity index (χ0n) is 20.7. The second-order valence-corrected chi connectivity index (χ2v) is 11.0. The fourth-order valence-electron chi connectivity index (χ4n) is 5.17. The van der Waals surface area contributed by atoms with E-state index in [2.05, 4.69) is 27.4 Å². The number of nitrogens with one attached hydrogen (secondary N) is 2. The second kappa shape index (κ2) is 9.21. The number of hydrogen-bond donors (Lipinski definition) is 3. The van der Waals surface area contributed by atoms with Crippen LogP contribution in [0.1, 0.15) is 42.5 Å². The molecule has 2 amide bonds. The predicted molar refractivity (Wildman–Crippen MR) is 139 cm³/mol. The first-order valence-electron chi connectivity index (χ1n) is 12.1. The van der Waals surface area contributed by atoms with E-state index in [9.17, 15) is 23.1 Å². The van der Waals surface area contributed by atoms with Crippen LogP contribution in [0.15, 0.2) is 36.4 Å². The molecule has 196 valence electrons. The van der Waals surface area contributed by atoms with Gasteiger partial charge in [0.2, 0.25) is 0 Å². The summed E-state index contributed by atoms with van der Waals surface area (Å²) in [7, 11) is 0. The van der Waals surface area contributed by atoms with E-state index >= 15 is 0 Å². The summed E-state index contributed by atoms with van der Waals surface area (Å²) in [6, 6.07) is 8.35. The lowest BCUT2D eigenvalue weighted by Crippen LogP contribution is -2.29. The van der Waals surface area contributed by atoms with Gasteiger partial charge in [0.1, 0.15) is 5.75 Å². The van der Waals surface area contributed by atoms with Crippen molar-refractivity contribution in [1.82, 2.24) is 9.88 Å². The lowest BCUT2D eigenvalue weighted by molar-refractivity contribution is -0.138. The van der Waals surface area contributed by atoms with Crippen molar-refractivity contribution in [3.8, 4) is 5.75 Å². The van der Waals surface area contributed by atoms with Crippen LogP contribution in [0.4, 0.5) is 40.2 Å². The fourth-order valence-corrected chi connectivity index (χ4v) is 6.22. The van der Waals surface area contributed by atoms with Gasteiger partial charge in [-0.2, -0.15) is 13.2 Å². The number of amides is 2. The van der Waals surface area contributed by atoms with Gasteiger partial charge in [0, 0.05) is 36.3 Å². The molecule has 11 heteroatoms. The predicted octanol–water partition coefficient (Wildman–Crippen LogP) is 6.32. The molecule has 0 saturated heterocycles. The van der Waals surface area contributed by atoms with E-state index in [1.54, 1.807) is 43.0 Å². The summed E-state index contributed by atoms with van der Waals surface area (Å²) in [5.74, 6) is -0.248. The standard InChI is InChI=1S/C26H28F3N5O2S/c1-4-33-12-11-17-20(13-33)37-24(31-17)32-23(36)30-16-7-5-6-8-18(16)34-14-25(2,3)21-15(26(27,28)29)9-10-19(35)22(21)34/h5-10,35H,4,11-14H2,1-3H3,(H2,30,31,32,36). The Bertz CT molecular complexity index is 1350. The Morgan fingerprint density at radius 2 is 1.95 bits per heavy atom. The van der Waals surface area contributed by atoms with Gasteiger partial charge in [-0.05, 0) is 36.4 Å². The minimum Gasteiger partial charge on any atom is -0.506 e. The van der Waals surface area contributed by atoms with Crippen LogP contribution in [0.5, 0.6) is 5.75 Å². The maximum atomic E-state index is 13.9. The summed E-state index contributed by atoms with van der Waals surface area (Å²) in [6.07, 6.45) is -3.73. The number of likely N-dealkylation sites (N-methyl/N-ethyl adjacent to an activating group) is 1. The van der Waals surface area contributed by atoms with Gasteiger partial charge in [0.15, 0.2) is 5.13 Å². The van der Waals surface area contributed by atoms with E-state index in [0.717, 1.165) is 48.8 Å². The number of anilines is 4. The van der Waals surface area contributed by atoms with Crippen LogP contribution >= 0.6 is 11.3 Å². The highest BCUT2D eigenvalue weighted by atomic mass is 32.1. The lowest BCUT2D eigenvalue weighted by atomic mass is 9.83. The zero-order chi connectivity index (χ0) is 26.5. The molecule has 0 spiro atoms. The average Bonchev–Trinajstić information content (AvgIpc) is 3.35. The summed E-state index contributed by atoms with van der Waals surface area (Å²) in [5, 5.41) is 16.8. The van der Waals surface area contributed by atoms with Gasteiger partial charge in [0.25, 0.3) is 0 Å². The smallest absolute Gasteiger partial charge is 0.416 e. The lowest BCUT2D eigenvalue weighted by Gasteiger charge is -2.25. The number of phenolic OH excluding ortho intramolecular Hbond substituents is 1. The van der Waals surface area contributed by atoms with Crippen molar-refractivity contribution in [2.24, 2.45) is 0 Å². The molecule has 3 N–H and O–H groups in total. The average molecular weight is 532 g/mol. The van der Waals surface area contributed by atoms with Crippen molar-refractivity contribution < 1.29 is 23.1 Å². The maximum absolute atomic E-state index is 13.9. The first-order chi connectivity index (χ1) is 17.5. The number of urea groups is 1. The molecular formula is C26H28F3N5O2S. The van der Waals surface area contributed by atoms with Crippen molar-refractivity contribution >= 4 is 39.6 Å². The third-order valence-corrected chi connectivity index (χ3v) is 7.88. The molecule has 0 radical (unpaired) electrons. The topological polar surface area (TPSA) is 80.7 Å². The van der Waals surface area contributed by atoms with Crippen molar-refractivity contribution in [1.29, 1.82) is 0 Å². The Labute approximate surface area is 216 Å². The quantitative estimate of drug-likeness (QED) is 0.367. The fraction of sp³-hybridized carbons (Fsp3) is 0.385. The van der Waals surface area contributed by atoms with Crippen molar-refractivity contribution in [2.45, 2.75) is 45.3 Å². The number of phenols is 1. The molecule has 1 aromatic heterocycles. The van der Waals surface area contributed by atoms with E-state index in [1.165, 1.54) is 11.3 Å². The highest BCUT2D eigenvalue weighted by Gasteiger charge is 2.46. The molecule has 0 bridgehead atoms. The van der Waals surface area contributed by atoms with Crippen molar-refractivity contribution in [2.75, 3.05) is 35.2 Å². The number of aromatic hydroxyl groups is 1. The molecule has 3 heterocycles. The Balaban J connectivity index is 1.43. The molecule has 0 unspecified atom stereocenters. The summed E-state index contributed by atoms with van der Waals surface area (Å²) >= 11 is 1.44. The van der Waals surface area contributed by atoms with Gasteiger partial charge in [-0.3, -0.25) is 10.2 Å². The van der Waals surface area contributed by atoms with Crippen LogP contribution in [0, 0.1) is 0 Å². The monoisotopic (exact) mass is 531 g/mol. The molecule has 2 aliphatic heterocycles. The molecule has 0 saturated carbocycles. The summed E-state index contributed by atoms with van der Waals surface area (Å²) in [4.78, 5) is 22.6. The molecule has 5 rings (SSSR count). The van der Waals surface area contributed by atoms with Crippen LogP contribution in [0.3, 0.4) is 0 Å². The number of aromatic nitrogens is 1. The van der Waals surface area contributed by atoms with E-state index in [1.807, 2.05) is 0 Å². The minimum absolute atomic E-state index is 0.0359. The largest absolute Gasteiger partial charge is 0.506 e. The third-order valence-electron chi connectivity index (χ3n) is 6.88. The molecule has 0 fully saturated rings. The summed E-state index contributed by atoms with van der Waals surface area (Å²) in [6.45, 7) is 8.43. The number of rotatable bonds is 4. The molecule has 3 aromatic rings. The number of fused-ring (bicyclic) bond motifs is 2. The first kappa shape index (κ1) is 25.3. The van der Waals surface area contributed by atoms with Gasteiger partial charge in [-0.1, -0.05) is 32.9 Å². The molecule has 2 aliphatic rings. The Kier molecular flexibility index (Phi) is 6.31. The summed E-state index contributed by atoms with van der Waals surface area (Å²) in [5.41, 5.74) is 0.342. The van der Waals surface area contributed by atoms with Crippen LogP contribution in [-0.4, -0.2) is 40.7 Å². The molecule has 37 heavy (non-hydrogen) atoms. The molecule has 7 nitrogen and oxygen atoms in total. The second-order valence-electron chi connectivity index (χ2n) is 9.93. The van der Waals surface area contributed by atoms with Crippen molar-refractivity contribution in [3.63, 3.8) is 0 Å². The van der Waals surface area contributed by atoms with E-state index in [-0.39, 0.29) is 23.5 Å². The van der Waals surface area contributed by atoms with Crippen LogP contribution in [0.25, 0.3) is 0 Å².